The van der Waals surface area contributed by atoms with Gasteiger partial charge < -0.3 is 20.1 Å². The Morgan fingerprint density at radius 3 is 1.49 bits per heavy atom. The summed E-state index contributed by atoms with van der Waals surface area (Å²) in [7, 11) is 0. The number of aromatic carboxylic acids is 3. The Balaban J connectivity index is 0.000000263. The molecule has 0 amide bonds. The van der Waals surface area contributed by atoms with Crippen LogP contribution in [0, 0.1) is 11.8 Å². The average molecular weight is 789 g/mol. The number of rotatable bonds is 17. The van der Waals surface area contributed by atoms with E-state index in [-0.39, 0.29) is 29.5 Å². The summed E-state index contributed by atoms with van der Waals surface area (Å²) in [6.45, 7) is 14.6. The van der Waals surface area contributed by atoms with Gasteiger partial charge in [-0.3, -0.25) is 25.2 Å². The third-order valence-corrected chi connectivity index (χ3v) is 7.86. The summed E-state index contributed by atoms with van der Waals surface area (Å²) < 4.78 is 5.42. The smallest absolute Gasteiger partial charge is 0.356 e. The number of aromatic amines is 4. The van der Waals surface area contributed by atoms with E-state index in [0.29, 0.717) is 17.3 Å². The summed E-state index contributed by atoms with van der Waals surface area (Å²) in [5.41, 5.74) is 5.43. The largest absolute Gasteiger partial charge is 0.487 e. The molecule has 308 valence electrons. The van der Waals surface area contributed by atoms with Gasteiger partial charge >= 0.3 is 17.9 Å². The number of nitrogens with one attached hydrogen (secondary N) is 4. The first-order valence-electron chi connectivity index (χ1n) is 18.7. The van der Waals surface area contributed by atoms with Crippen molar-refractivity contribution in [2.45, 2.75) is 100 Å². The van der Waals surface area contributed by atoms with Crippen molar-refractivity contribution in [1.29, 1.82) is 0 Å². The van der Waals surface area contributed by atoms with Crippen LogP contribution < -0.4 is 4.74 Å². The van der Waals surface area contributed by atoms with Gasteiger partial charge in [0.05, 0.1) is 5.69 Å². The second-order valence-electron chi connectivity index (χ2n) is 14.2. The number of nitrogens with zero attached hydrogens (tertiary/aromatic N) is 4. The number of carboxylic acid groups (broad SMARTS) is 3. The number of ketones is 1. The second kappa shape index (κ2) is 25.0. The van der Waals surface area contributed by atoms with E-state index in [1.54, 1.807) is 12.1 Å². The minimum absolute atomic E-state index is 0.00772. The minimum Gasteiger partial charge on any atom is -0.487 e. The summed E-state index contributed by atoms with van der Waals surface area (Å²) in [5.74, 6) is -0.906. The Labute approximate surface area is 332 Å². The Morgan fingerprint density at radius 1 is 0.614 bits per heavy atom. The molecule has 0 radical (unpaired) electrons. The van der Waals surface area contributed by atoms with E-state index in [4.69, 9.17) is 20.1 Å². The minimum atomic E-state index is -1.05. The van der Waals surface area contributed by atoms with Crippen molar-refractivity contribution in [3.05, 3.63) is 112 Å². The highest BCUT2D eigenvalue weighted by molar-refractivity contribution is 5.92. The van der Waals surface area contributed by atoms with Gasteiger partial charge in [0.25, 0.3) is 0 Å². The zero-order valence-corrected chi connectivity index (χ0v) is 33.8. The van der Waals surface area contributed by atoms with Gasteiger partial charge in [0.1, 0.15) is 18.1 Å². The molecule has 16 heteroatoms. The molecule has 4 heterocycles. The zero-order valence-electron chi connectivity index (χ0n) is 33.8. The highest BCUT2D eigenvalue weighted by atomic mass is 16.5. The van der Waals surface area contributed by atoms with E-state index in [2.05, 4.69) is 74.6 Å². The maximum Gasteiger partial charge on any atom is 0.356 e. The molecule has 57 heavy (non-hydrogen) atoms. The topological polar surface area (TPSA) is 253 Å². The fourth-order valence-corrected chi connectivity index (χ4v) is 4.75. The monoisotopic (exact) mass is 788 g/mol. The van der Waals surface area contributed by atoms with Gasteiger partial charge in [-0.1, -0.05) is 64.0 Å². The molecule has 16 nitrogen and oxygen atoms in total. The number of ether oxygens (including phenoxy) is 1. The van der Waals surface area contributed by atoms with Crippen LogP contribution in [0.15, 0.2) is 66.2 Å². The van der Waals surface area contributed by atoms with Gasteiger partial charge in [-0.05, 0) is 101 Å². The van der Waals surface area contributed by atoms with E-state index in [0.717, 1.165) is 67.3 Å². The Kier molecular flexibility index (Phi) is 20.5. The maximum atomic E-state index is 11.0. The van der Waals surface area contributed by atoms with Gasteiger partial charge in [-0.15, -0.1) is 0 Å². The fraction of sp³-hybridized carbons (Fsp3) is 0.415. The summed E-state index contributed by atoms with van der Waals surface area (Å²) in [6.07, 6.45) is 9.07. The number of H-pyrrole nitrogens is 4. The lowest BCUT2D eigenvalue weighted by Gasteiger charge is -2.02. The molecule has 0 aliphatic heterocycles. The van der Waals surface area contributed by atoms with Crippen LogP contribution in [0.4, 0.5) is 0 Å². The molecule has 0 aliphatic rings. The van der Waals surface area contributed by atoms with E-state index in [1.807, 2.05) is 50.2 Å². The molecule has 0 saturated heterocycles. The number of benzene rings is 1. The molecule has 0 spiro atoms. The van der Waals surface area contributed by atoms with Crippen LogP contribution in [-0.2, 0) is 25.9 Å². The fourth-order valence-electron chi connectivity index (χ4n) is 4.75. The number of allylic oxidation sites excluding steroid dienone is 2. The summed E-state index contributed by atoms with van der Waals surface area (Å²) in [4.78, 5) is 42.5. The number of hydrogen-bond donors (Lipinski definition) is 7. The number of carbonyl (C=O) groups excluding carboxylic acids is 1. The maximum absolute atomic E-state index is 11.0. The molecule has 0 saturated carbocycles. The molecule has 0 bridgehead atoms. The summed E-state index contributed by atoms with van der Waals surface area (Å²) >= 11 is 0. The first-order chi connectivity index (χ1) is 27.0. The number of aromatic nitrogens is 8. The van der Waals surface area contributed by atoms with E-state index >= 15 is 0 Å². The van der Waals surface area contributed by atoms with E-state index in [1.165, 1.54) is 25.0 Å². The van der Waals surface area contributed by atoms with Gasteiger partial charge in [0, 0.05) is 24.0 Å². The molecular formula is C41H56N8O8. The Morgan fingerprint density at radius 2 is 1.05 bits per heavy atom. The lowest BCUT2D eigenvalue weighted by Crippen LogP contribution is -1.95. The van der Waals surface area contributed by atoms with Crippen molar-refractivity contribution in [3.63, 3.8) is 0 Å². The highest BCUT2D eigenvalue weighted by Crippen LogP contribution is 2.12. The number of Topliss-reactive ketones (excluding diaryl/α,β-unsaturated/α-hetero) is 1. The Bertz CT molecular complexity index is 1980. The van der Waals surface area contributed by atoms with Crippen molar-refractivity contribution in [2.75, 3.05) is 0 Å². The van der Waals surface area contributed by atoms with Gasteiger partial charge in [-0.2, -0.15) is 20.4 Å². The first-order valence-corrected chi connectivity index (χ1v) is 18.7. The van der Waals surface area contributed by atoms with E-state index in [9.17, 15) is 19.2 Å². The molecule has 0 fully saturated rings. The molecule has 0 aliphatic carbocycles. The highest BCUT2D eigenvalue weighted by Gasteiger charge is 2.10. The SMILES string of the molecule is CC(=O)c1cc(CCCC(C)C)[nH]n1.CC(C)=CCCc1cc(C(=O)O)n[nH]1.CC(C)CCc1cc(C(=O)O)n[nH]1.O=C(O)c1cc(COc2ccccc2)[nH]n1. The van der Waals surface area contributed by atoms with Gasteiger partial charge in [0.2, 0.25) is 0 Å². The van der Waals surface area contributed by atoms with Crippen LogP contribution >= 0.6 is 0 Å². The molecule has 5 aromatic rings. The molecule has 0 unspecified atom stereocenters. The van der Waals surface area contributed by atoms with Crippen LogP contribution in [0.1, 0.15) is 139 Å². The average Bonchev–Trinajstić information content (AvgIpc) is 3.99. The number of carboxylic acids is 3. The predicted octanol–water partition coefficient (Wildman–Crippen LogP) is 7.98. The third-order valence-electron chi connectivity index (χ3n) is 7.86. The van der Waals surface area contributed by atoms with Crippen LogP contribution in [0.2, 0.25) is 0 Å². The third kappa shape index (κ3) is 19.7. The van der Waals surface area contributed by atoms with E-state index < -0.39 is 17.9 Å². The molecule has 0 atom stereocenters. The zero-order chi connectivity index (χ0) is 42.3. The van der Waals surface area contributed by atoms with Crippen molar-refractivity contribution >= 4 is 23.7 Å². The van der Waals surface area contributed by atoms with Gasteiger partial charge in [0.15, 0.2) is 22.9 Å². The lowest BCUT2D eigenvalue weighted by molar-refractivity contribution is 0.0679. The molecule has 7 N–H and O–H groups in total. The van der Waals surface area contributed by atoms with Crippen LogP contribution in [0.25, 0.3) is 0 Å². The van der Waals surface area contributed by atoms with Crippen molar-refractivity contribution < 1.29 is 39.2 Å². The van der Waals surface area contributed by atoms with Crippen molar-refractivity contribution in [3.8, 4) is 5.75 Å². The summed E-state index contributed by atoms with van der Waals surface area (Å²) in [5, 5.41) is 51.7. The van der Waals surface area contributed by atoms with Crippen LogP contribution in [0.3, 0.4) is 0 Å². The summed E-state index contributed by atoms with van der Waals surface area (Å²) in [6, 6.07) is 15.7. The Hall–Kier alpha value is -6.32. The number of para-hydroxylation sites is 1. The quantitative estimate of drug-likeness (QED) is 0.0350. The van der Waals surface area contributed by atoms with Crippen molar-refractivity contribution in [2.24, 2.45) is 11.8 Å². The standard InChI is InChI=1S/C11H10N2O3.C11H18N2O.C10H14N2O2.C9H14N2O2/c14-11(15)10-6-8(12-13-10)7-16-9-4-2-1-3-5-9;1-8(2)5-4-6-10-7-11(9(3)14)13-12-10;1-7(2)4-3-5-8-6-9(10(13)14)12-11-8;1-6(2)3-4-7-5-8(9(12)13)11-10-7/h1-6H,7H2,(H,12,13)(H,14,15);7-8H,4-6H2,1-3H3,(H,12,13);4,6H,3,5H2,1-2H3,(H,11,12)(H,13,14);5-6H,3-4H2,1-2H3,(H,10,11)(H,12,13). The normalized spacial score (nSPS) is 10.3. The predicted molar refractivity (Wildman–Crippen MR) is 215 cm³/mol. The molecular weight excluding hydrogens is 732 g/mol. The first kappa shape index (κ1) is 46.8. The molecule has 4 aromatic heterocycles. The molecule has 1 aromatic carbocycles. The number of hydrogen-bond acceptors (Lipinski definition) is 9. The lowest BCUT2D eigenvalue weighted by atomic mass is 10.1. The van der Waals surface area contributed by atoms with Crippen LogP contribution in [0.5, 0.6) is 5.75 Å². The number of aryl methyl sites for hydroxylation is 3. The number of carbonyl (C=O) groups is 4. The van der Waals surface area contributed by atoms with Crippen LogP contribution in [-0.4, -0.2) is 79.8 Å². The second-order valence-corrected chi connectivity index (χ2v) is 14.2. The van der Waals surface area contributed by atoms with Gasteiger partial charge in [-0.25, -0.2) is 14.4 Å². The molecule has 5 rings (SSSR count). The van der Waals surface area contributed by atoms with Crippen molar-refractivity contribution in [1.82, 2.24) is 40.8 Å².